The summed E-state index contributed by atoms with van der Waals surface area (Å²) in [6.07, 6.45) is 10.7. The van der Waals surface area contributed by atoms with Crippen molar-refractivity contribution in [3.8, 4) is 0 Å². The maximum atomic E-state index is 10.8. The normalized spacial score (nSPS) is 11.3. The van der Waals surface area contributed by atoms with Crippen LogP contribution in [0, 0.1) is 6.92 Å². The first kappa shape index (κ1) is 126. The Balaban J connectivity index is -0.000000635. The number of ether oxygens (including phenoxy) is 3. The second-order valence-corrected chi connectivity index (χ2v) is 36.5. The minimum Gasteiger partial charge on any atom is -1.00 e. The third-order valence-electron chi connectivity index (χ3n) is 15.5. The summed E-state index contributed by atoms with van der Waals surface area (Å²) in [6.45, 7) is 16.0. The third kappa shape index (κ3) is 64.8. The maximum Gasteiger partial charge on any atom is 1.00 e. The molecule has 0 aliphatic carbocycles. The SMILES string of the molecule is CSCCN(P)CCP(c1ccccc1)c1ccccc1.CSCCN1CCOC1=O.CSCCN1CCOC1=O.C[S-].ClCC[NH2+]CCCl.O=C1OCCN1CCCl.[CH2-]CCC.[Cl-].[Li+].[Li+].[Li+].[Li+].[Na+].c1ccc(Pc2ccccc2)cc1.c1ccc([P-]c2ccccc2)cc1.c1ccc([P-]c2ccccc2)cc1.c1ccc([P-]c2ccccc2)cc1. The third-order valence-corrected chi connectivity index (χ3v) is 25.4. The van der Waals surface area contributed by atoms with Crippen LogP contribution in [-0.2, 0) is 26.8 Å². The fourth-order valence-electron chi connectivity index (χ4n) is 9.53. The average Bonchev–Trinajstić information content (AvgIpc) is 1.76. The summed E-state index contributed by atoms with van der Waals surface area (Å²) >= 11 is 25.6. The summed E-state index contributed by atoms with van der Waals surface area (Å²) in [5.74, 6) is 5.10. The van der Waals surface area contributed by atoms with Crippen LogP contribution in [0.3, 0.4) is 0 Å². The van der Waals surface area contributed by atoms with Gasteiger partial charge in [0.2, 0.25) is 0 Å². The van der Waals surface area contributed by atoms with Crippen LogP contribution >= 0.6 is 122 Å². The zero-order valence-corrected chi connectivity index (χ0v) is 86.5. The number of thioether (sulfide) groups is 3. The molecule has 3 fully saturated rings. The predicted molar refractivity (Wildman–Crippen MR) is 524 cm³/mol. The molecule has 628 valence electrons. The number of nitrogens with two attached hydrogens (primary N) is 1. The Labute approximate surface area is 847 Å². The van der Waals surface area contributed by atoms with E-state index in [1.807, 2.05) is 60.7 Å². The molecule has 1 unspecified atom stereocenters. The maximum absolute atomic E-state index is 10.8. The Bertz CT molecular complexity index is 3400. The molecule has 0 radical (unpaired) electrons. The van der Waals surface area contributed by atoms with E-state index in [-0.39, 0.29) is 144 Å². The van der Waals surface area contributed by atoms with Crippen LogP contribution in [0.1, 0.15) is 19.8 Å². The number of carbonyl (C=O) groups is 3. The van der Waals surface area contributed by atoms with Crippen LogP contribution in [0.2, 0.25) is 0 Å². The van der Waals surface area contributed by atoms with E-state index in [1.54, 1.807) is 44.5 Å². The number of quaternary nitrogens is 1. The molecule has 3 saturated heterocycles. The second-order valence-electron chi connectivity index (χ2n) is 24.1. The summed E-state index contributed by atoms with van der Waals surface area (Å²) < 4.78 is 16.5. The molecule has 30 heteroatoms. The summed E-state index contributed by atoms with van der Waals surface area (Å²) in [5, 5.41) is 15.9. The summed E-state index contributed by atoms with van der Waals surface area (Å²) in [4.78, 5) is 37.2. The van der Waals surface area contributed by atoms with Gasteiger partial charge in [-0.2, -0.15) is 48.0 Å². The molecule has 121 heavy (non-hydrogen) atoms. The average molecular weight is 1880 g/mol. The van der Waals surface area contributed by atoms with Crippen LogP contribution in [0.25, 0.3) is 0 Å². The molecule has 3 aliphatic heterocycles. The molecule has 0 spiro atoms. The Kier molecular flexibility index (Phi) is 92.6. The number of carbonyl (C=O) groups excluding carboxylic acids is 3. The van der Waals surface area contributed by atoms with Gasteiger partial charge in [-0.1, -0.05) is 335 Å². The number of benzene rings is 10. The van der Waals surface area contributed by atoms with Crippen molar-refractivity contribution in [2.75, 3.05) is 151 Å². The van der Waals surface area contributed by atoms with Crippen LogP contribution in [0.4, 0.5) is 14.4 Å². The van der Waals surface area contributed by atoms with Crippen LogP contribution in [0.5, 0.6) is 0 Å². The smallest absolute Gasteiger partial charge is 1.00 e. The fraction of sp³-hybridized carbons (Fsp3) is 0.297. The first-order valence-electron chi connectivity index (χ1n) is 38.1. The van der Waals surface area contributed by atoms with Crippen molar-refractivity contribution in [3.63, 3.8) is 0 Å². The Morgan fingerprint density at radius 2 is 0.678 bits per heavy atom. The molecule has 10 aromatic carbocycles. The van der Waals surface area contributed by atoms with Gasteiger partial charge < -0.3 is 91.9 Å². The zero-order chi connectivity index (χ0) is 83.1. The standard InChI is InChI=1S/C17H23NP2S.C12H11P.3C12H10P.2C6H11NO2S.C5H8ClNO2.C4H9Cl2N.C4H9.CH4S.ClH.4Li.Na/c1-21-15-13-18(19)12-14-20(16-8-4-2-5-9-16)17-10-6-3-7-11-17;4*1-3-7-11(8-4-1)13-12-9-5-2-6-10-12;2*1-10-5-3-7-2-4-9-6(7)8;6-1-2-7-3-4-9-5(7)8;5-1-3-7-4-2-6;1-3-4-2;1-2;;;;;;/h2-11H,12-15,19H2,1H3;1-10,13H;3*1-10H;2*2-5H2,1H3;1-4H2;7H,1-4H2;1,3-4H2,2H3;2H,1H3;1H;;;;;/q;;3*-1;;;;;-1;;;5*+1/p-1. The molecule has 2 N–H and O–H groups in total. The van der Waals surface area contributed by atoms with E-state index in [1.165, 1.54) is 97.1 Å². The number of rotatable bonds is 29. The first-order valence-corrected chi connectivity index (χ1v) is 50.4. The monoisotopic (exact) mass is 1880 g/mol. The Hall–Kier alpha value is -1.54. The number of amides is 3. The van der Waals surface area contributed by atoms with Gasteiger partial charge in [0.15, 0.2) is 0 Å². The molecule has 0 bridgehead atoms. The van der Waals surface area contributed by atoms with Crippen molar-refractivity contribution in [2.24, 2.45) is 0 Å². The second kappa shape index (κ2) is 89.1. The largest absolute Gasteiger partial charge is 1.00 e. The van der Waals surface area contributed by atoms with Crippen LogP contribution in [0.15, 0.2) is 303 Å². The van der Waals surface area contributed by atoms with Gasteiger partial charge in [0, 0.05) is 55.9 Å². The molecule has 0 saturated carbocycles. The fourth-order valence-corrected chi connectivity index (χ4v) is 18.1. The van der Waals surface area contributed by atoms with Crippen molar-refractivity contribution >= 4 is 206 Å². The van der Waals surface area contributed by atoms with Gasteiger partial charge in [0.25, 0.3) is 0 Å². The molecule has 0 aromatic heterocycles. The van der Waals surface area contributed by atoms with E-state index in [0.29, 0.717) is 38.8 Å². The van der Waals surface area contributed by atoms with Crippen molar-refractivity contribution < 1.29 is 151 Å². The number of unbranched alkanes of at least 4 members (excludes halogenated alkanes) is 1. The van der Waals surface area contributed by atoms with E-state index >= 15 is 0 Å². The summed E-state index contributed by atoms with van der Waals surface area (Å²) in [6, 6.07) is 106. The summed E-state index contributed by atoms with van der Waals surface area (Å²) in [5.41, 5.74) is 0. The zero-order valence-electron chi connectivity index (χ0n) is 72.5. The van der Waals surface area contributed by atoms with Crippen LogP contribution in [-0.4, -0.2) is 189 Å². The molecular weight excluding hydrogens is 1770 g/mol. The van der Waals surface area contributed by atoms with Gasteiger partial charge in [-0.15, -0.1) is 34.8 Å². The quantitative estimate of drug-likeness (QED) is 0.0128. The van der Waals surface area contributed by atoms with E-state index in [9.17, 15) is 14.4 Å². The molecule has 1 atom stereocenters. The van der Waals surface area contributed by atoms with Gasteiger partial charge >= 0.3 is 123 Å². The minimum atomic E-state index is -0.260. The topological polar surface area (TPSA) is 108 Å². The van der Waals surface area contributed by atoms with Gasteiger partial charge in [-0.05, 0) is 54.1 Å². The van der Waals surface area contributed by atoms with Crippen LogP contribution < -0.4 is 176 Å². The number of cyclic esters (lactones) is 3. The predicted octanol–water partition coefficient (Wildman–Crippen LogP) is -0.243. The molecule has 3 aliphatic rings. The van der Waals surface area contributed by atoms with Crippen molar-refractivity contribution in [2.45, 2.75) is 19.8 Å². The number of hydrogen-bond donors (Lipinski definition) is 1. The van der Waals surface area contributed by atoms with E-state index in [4.69, 9.17) is 44.3 Å². The number of halogens is 4. The molecular formula is C91H116Cl4Li4N5NaO6P6S4. The number of hydrogen-bond acceptors (Lipinski definition) is 11. The number of nitrogens with zero attached hydrogens (tertiary/aromatic N) is 4. The van der Waals surface area contributed by atoms with Gasteiger partial charge in [0.05, 0.1) is 44.5 Å². The molecule has 10 aromatic rings. The van der Waals surface area contributed by atoms with Crippen molar-refractivity contribution in [3.05, 3.63) is 310 Å². The Morgan fingerprint density at radius 3 is 0.901 bits per heavy atom. The van der Waals surface area contributed by atoms with Gasteiger partial charge in [-0.3, -0.25) is 4.67 Å². The van der Waals surface area contributed by atoms with E-state index in [2.05, 4.69) is 324 Å². The Morgan fingerprint density at radius 1 is 0.430 bits per heavy atom. The summed E-state index contributed by atoms with van der Waals surface area (Å²) in [7, 11) is 7.24. The minimum absolute atomic E-state index is 0. The van der Waals surface area contributed by atoms with Crippen molar-refractivity contribution in [1.82, 2.24) is 19.4 Å². The molecule has 13 rings (SSSR count). The van der Waals surface area contributed by atoms with E-state index < -0.39 is 0 Å². The first-order chi connectivity index (χ1) is 56.5. The molecule has 11 nitrogen and oxygen atoms in total. The van der Waals surface area contributed by atoms with Crippen molar-refractivity contribution in [1.29, 1.82) is 0 Å². The molecule has 3 amide bonds. The van der Waals surface area contributed by atoms with Gasteiger partial charge in [-0.25, -0.2) is 46.2 Å². The number of alkyl halides is 3. The van der Waals surface area contributed by atoms with E-state index in [0.717, 1.165) is 90.6 Å². The molecule has 3 heterocycles. The van der Waals surface area contributed by atoms with Gasteiger partial charge in [0.1, 0.15) is 19.8 Å².